The smallest absolute Gasteiger partial charge is 0.325 e. The molecule has 20 heavy (non-hydrogen) atoms. The third-order valence-corrected chi connectivity index (χ3v) is 2.99. The summed E-state index contributed by atoms with van der Waals surface area (Å²) in [7, 11) is 0. The number of rotatable bonds is 5. The zero-order valence-corrected chi connectivity index (χ0v) is 10.8. The standard InChI is InChI=1S/C11H11F5N2OS/c12-7-2-1-6(5-8(7)13)18-10(19)9(17)3-4-20-11(14,15)16/h1-2,5,9H,3-4,17H2,(H,18,19)/t9-/m0/s1. The van der Waals surface area contributed by atoms with Crippen molar-refractivity contribution < 1.29 is 26.7 Å². The van der Waals surface area contributed by atoms with E-state index in [0.29, 0.717) is 0 Å². The van der Waals surface area contributed by atoms with Crippen LogP contribution in [0.3, 0.4) is 0 Å². The van der Waals surface area contributed by atoms with Crippen molar-refractivity contribution in [3.05, 3.63) is 29.8 Å². The Kier molecular flexibility index (Phi) is 5.75. The number of benzene rings is 1. The molecule has 0 unspecified atom stereocenters. The summed E-state index contributed by atoms with van der Waals surface area (Å²) in [6, 6.07) is 1.52. The van der Waals surface area contributed by atoms with Crippen molar-refractivity contribution in [1.29, 1.82) is 0 Å². The first-order valence-electron chi connectivity index (χ1n) is 5.41. The fraction of sp³-hybridized carbons (Fsp3) is 0.364. The number of carbonyl (C=O) groups excluding carboxylic acids is 1. The summed E-state index contributed by atoms with van der Waals surface area (Å²) in [6.07, 6.45) is -0.195. The van der Waals surface area contributed by atoms with E-state index in [1.54, 1.807) is 0 Å². The molecule has 9 heteroatoms. The highest BCUT2D eigenvalue weighted by Crippen LogP contribution is 2.30. The Morgan fingerprint density at radius 1 is 1.30 bits per heavy atom. The second kappa shape index (κ2) is 6.89. The Morgan fingerprint density at radius 2 is 1.95 bits per heavy atom. The Hall–Kier alpha value is -1.35. The molecule has 1 aromatic carbocycles. The first kappa shape index (κ1) is 16.7. The third-order valence-electron chi connectivity index (χ3n) is 2.22. The summed E-state index contributed by atoms with van der Waals surface area (Å²) in [5, 5.41) is 2.20. The first-order valence-corrected chi connectivity index (χ1v) is 6.40. The minimum absolute atomic E-state index is 0.0205. The molecule has 0 aliphatic carbocycles. The van der Waals surface area contributed by atoms with Crippen LogP contribution in [0, 0.1) is 11.6 Å². The van der Waals surface area contributed by atoms with Crippen molar-refractivity contribution in [3.8, 4) is 0 Å². The SMILES string of the molecule is N[C@@H](CCSC(F)(F)F)C(=O)Nc1ccc(F)c(F)c1. The summed E-state index contributed by atoms with van der Waals surface area (Å²) < 4.78 is 61.2. The normalized spacial score (nSPS) is 13.1. The molecule has 0 saturated heterocycles. The third kappa shape index (κ3) is 5.74. The maximum absolute atomic E-state index is 12.9. The molecule has 1 atom stereocenters. The zero-order chi connectivity index (χ0) is 15.3. The van der Waals surface area contributed by atoms with E-state index in [0.717, 1.165) is 18.2 Å². The van der Waals surface area contributed by atoms with Crippen molar-refractivity contribution in [2.45, 2.75) is 18.0 Å². The number of anilines is 1. The summed E-state index contributed by atoms with van der Waals surface area (Å²) in [5.41, 5.74) is 1.00. The minimum Gasteiger partial charge on any atom is -0.325 e. The van der Waals surface area contributed by atoms with Crippen LogP contribution in [-0.4, -0.2) is 23.2 Å². The van der Waals surface area contributed by atoms with Crippen LogP contribution in [0.15, 0.2) is 18.2 Å². The van der Waals surface area contributed by atoms with Crippen LogP contribution >= 0.6 is 11.8 Å². The van der Waals surface area contributed by atoms with Gasteiger partial charge in [0.1, 0.15) is 0 Å². The molecule has 1 rings (SSSR count). The van der Waals surface area contributed by atoms with Crippen LogP contribution in [0.4, 0.5) is 27.6 Å². The quantitative estimate of drug-likeness (QED) is 0.822. The number of hydrogen-bond acceptors (Lipinski definition) is 3. The second-order valence-electron chi connectivity index (χ2n) is 3.81. The Labute approximate surface area is 115 Å². The Balaban J connectivity index is 2.47. The molecule has 0 aliphatic rings. The number of alkyl halides is 3. The van der Waals surface area contributed by atoms with Gasteiger partial charge in [0.2, 0.25) is 5.91 Å². The molecular weight excluding hydrogens is 303 g/mol. The van der Waals surface area contributed by atoms with E-state index in [2.05, 4.69) is 5.32 Å². The maximum atomic E-state index is 12.9. The van der Waals surface area contributed by atoms with E-state index >= 15 is 0 Å². The van der Waals surface area contributed by atoms with Gasteiger partial charge in [0.15, 0.2) is 11.6 Å². The number of thioether (sulfide) groups is 1. The molecule has 0 aliphatic heterocycles. The van der Waals surface area contributed by atoms with Gasteiger partial charge < -0.3 is 11.1 Å². The van der Waals surface area contributed by atoms with Crippen molar-refractivity contribution in [2.24, 2.45) is 5.73 Å². The first-order chi connectivity index (χ1) is 9.19. The fourth-order valence-electron chi connectivity index (χ4n) is 1.24. The van der Waals surface area contributed by atoms with Gasteiger partial charge in [-0.1, -0.05) is 11.8 Å². The van der Waals surface area contributed by atoms with E-state index in [1.807, 2.05) is 0 Å². The van der Waals surface area contributed by atoms with Gasteiger partial charge >= 0.3 is 5.51 Å². The molecule has 1 aromatic rings. The van der Waals surface area contributed by atoms with Crippen molar-refractivity contribution in [1.82, 2.24) is 0 Å². The number of nitrogens with one attached hydrogen (secondary N) is 1. The monoisotopic (exact) mass is 314 g/mol. The van der Waals surface area contributed by atoms with Gasteiger partial charge in [-0.25, -0.2) is 8.78 Å². The van der Waals surface area contributed by atoms with Gasteiger partial charge in [-0.15, -0.1) is 0 Å². The molecule has 0 bridgehead atoms. The number of halogens is 5. The minimum atomic E-state index is -4.38. The number of hydrogen-bond donors (Lipinski definition) is 2. The topological polar surface area (TPSA) is 55.1 Å². The lowest BCUT2D eigenvalue weighted by Gasteiger charge is -2.12. The highest BCUT2D eigenvalue weighted by atomic mass is 32.2. The molecule has 3 nitrogen and oxygen atoms in total. The lowest BCUT2D eigenvalue weighted by molar-refractivity contribution is -0.117. The summed E-state index contributed by atoms with van der Waals surface area (Å²) in [6.45, 7) is 0. The Bertz CT molecular complexity index is 480. The molecule has 1 amide bonds. The second-order valence-corrected chi connectivity index (χ2v) is 4.97. The zero-order valence-electron chi connectivity index (χ0n) is 10.0. The summed E-state index contributed by atoms with van der Waals surface area (Å²) >= 11 is -0.280. The maximum Gasteiger partial charge on any atom is 0.441 e. The number of nitrogens with two attached hydrogens (primary N) is 1. The van der Waals surface area contributed by atoms with Gasteiger partial charge in [-0.05, 0) is 18.6 Å². The molecule has 0 radical (unpaired) electrons. The average Bonchev–Trinajstić information content (AvgIpc) is 2.32. The van der Waals surface area contributed by atoms with Gasteiger partial charge in [-0.2, -0.15) is 13.2 Å². The van der Waals surface area contributed by atoms with Gasteiger partial charge in [0, 0.05) is 17.5 Å². The van der Waals surface area contributed by atoms with Gasteiger partial charge in [0.05, 0.1) is 6.04 Å². The molecular formula is C11H11F5N2OS. The molecule has 0 aromatic heterocycles. The van der Waals surface area contributed by atoms with Crippen LogP contribution in [0.1, 0.15) is 6.42 Å². The van der Waals surface area contributed by atoms with Crippen LogP contribution in [0.5, 0.6) is 0 Å². The van der Waals surface area contributed by atoms with Gasteiger partial charge in [-0.3, -0.25) is 4.79 Å². The molecule has 0 fully saturated rings. The highest BCUT2D eigenvalue weighted by Gasteiger charge is 2.28. The van der Waals surface area contributed by atoms with E-state index in [4.69, 9.17) is 5.73 Å². The molecule has 0 spiro atoms. The van der Waals surface area contributed by atoms with Crippen LogP contribution in [0.2, 0.25) is 0 Å². The van der Waals surface area contributed by atoms with Crippen LogP contribution in [0.25, 0.3) is 0 Å². The van der Waals surface area contributed by atoms with E-state index in [-0.39, 0.29) is 29.6 Å². The molecule has 112 valence electrons. The fourth-order valence-corrected chi connectivity index (χ4v) is 1.84. The van der Waals surface area contributed by atoms with Crippen molar-refractivity contribution >= 4 is 23.4 Å². The van der Waals surface area contributed by atoms with Gasteiger partial charge in [0.25, 0.3) is 0 Å². The highest BCUT2D eigenvalue weighted by molar-refractivity contribution is 8.00. The number of carbonyl (C=O) groups is 1. The number of amides is 1. The van der Waals surface area contributed by atoms with Crippen LogP contribution < -0.4 is 11.1 Å². The Morgan fingerprint density at radius 3 is 2.50 bits per heavy atom. The molecule has 0 saturated carbocycles. The molecule has 3 N–H and O–H groups in total. The van der Waals surface area contributed by atoms with E-state index < -0.39 is 29.1 Å². The summed E-state index contributed by atoms with van der Waals surface area (Å²) in [5.74, 6) is -3.35. The summed E-state index contributed by atoms with van der Waals surface area (Å²) in [4.78, 5) is 11.5. The molecule has 0 heterocycles. The predicted octanol–water partition coefficient (Wildman–Crippen LogP) is 2.87. The van der Waals surface area contributed by atoms with E-state index in [1.165, 1.54) is 0 Å². The van der Waals surface area contributed by atoms with Crippen LogP contribution in [-0.2, 0) is 4.79 Å². The lowest BCUT2D eigenvalue weighted by Crippen LogP contribution is -2.36. The largest absolute Gasteiger partial charge is 0.441 e. The average molecular weight is 314 g/mol. The van der Waals surface area contributed by atoms with Crippen molar-refractivity contribution in [3.63, 3.8) is 0 Å². The van der Waals surface area contributed by atoms with Crippen molar-refractivity contribution in [2.75, 3.05) is 11.1 Å². The van der Waals surface area contributed by atoms with E-state index in [9.17, 15) is 26.7 Å². The predicted molar refractivity (Wildman–Crippen MR) is 66.1 cm³/mol. The lowest BCUT2D eigenvalue weighted by atomic mass is 10.2.